The smallest absolute Gasteiger partial charge is 0.405 e. The number of benzene rings is 1. The Hall–Kier alpha value is -1.47. The van der Waals surface area contributed by atoms with Crippen LogP contribution in [0.2, 0.25) is 0 Å². The lowest BCUT2D eigenvalue weighted by Crippen LogP contribution is -2.43. The quantitative estimate of drug-likeness (QED) is 0.822. The number of hydrogen-bond acceptors (Lipinski definition) is 4. The number of hydrogen-bond donors (Lipinski definition) is 2. The maximum Gasteiger partial charge on any atom is 0.573 e. The number of ether oxygens (including phenoxy) is 1. The molecule has 0 saturated carbocycles. The van der Waals surface area contributed by atoms with Crippen molar-refractivity contribution in [2.24, 2.45) is 0 Å². The molecule has 0 radical (unpaired) electrons. The number of halogens is 3. The van der Waals surface area contributed by atoms with Gasteiger partial charge in [-0.15, -0.1) is 13.2 Å². The van der Waals surface area contributed by atoms with Crippen molar-refractivity contribution in [3.05, 3.63) is 23.8 Å². The summed E-state index contributed by atoms with van der Waals surface area (Å²) in [6.07, 6.45) is -4.69. The fraction of sp³-hybridized carbons (Fsp3) is 0.500. The Balaban J connectivity index is 2.14. The number of nitrogens with one attached hydrogen (secondary N) is 1. The Bertz CT molecular complexity index is 431. The molecule has 1 aromatic rings. The standard InChI is InChI=1S/C12H16F3N3O/c13-12(14,15)19-11-2-1-10(16)7-9(11)8-18-5-3-17-4-6-18/h1-2,7,17H,3-6,8,16H2. The third kappa shape index (κ3) is 4.29. The summed E-state index contributed by atoms with van der Waals surface area (Å²) in [5.41, 5.74) is 6.52. The summed E-state index contributed by atoms with van der Waals surface area (Å²) in [6.45, 7) is 3.65. The molecule has 1 aliphatic heterocycles. The highest BCUT2D eigenvalue weighted by Gasteiger charge is 2.32. The monoisotopic (exact) mass is 275 g/mol. The Morgan fingerprint density at radius 3 is 2.58 bits per heavy atom. The van der Waals surface area contributed by atoms with Gasteiger partial charge in [-0.1, -0.05) is 0 Å². The summed E-state index contributed by atoms with van der Waals surface area (Å²) < 4.78 is 41.0. The summed E-state index contributed by atoms with van der Waals surface area (Å²) in [5.74, 6) is -0.180. The van der Waals surface area contributed by atoms with Crippen LogP contribution in [0.4, 0.5) is 18.9 Å². The molecule has 1 aliphatic rings. The second-order valence-corrected chi connectivity index (χ2v) is 4.44. The van der Waals surface area contributed by atoms with E-state index in [1.54, 1.807) is 0 Å². The number of anilines is 1. The van der Waals surface area contributed by atoms with Crippen molar-refractivity contribution in [2.45, 2.75) is 12.9 Å². The van der Waals surface area contributed by atoms with Gasteiger partial charge in [-0.05, 0) is 18.2 Å². The first-order valence-electron chi connectivity index (χ1n) is 6.01. The Morgan fingerprint density at radius 2 is 1.95 bits per heavy atom. The molecular weight excluding hydrogens is 259 g/mol. The van der Waals surface area contributed by atoms with Crippen molar-refractivity contribution in [3.8, 4) is 5.75 Å². The molecule has 0 aromatic heterocycles. The van der Waals surface area contributed by atoms with E-state index in [0.717, 1.165) is 26.2 Å². The van der Waals surface area contributed by atoms with E-state index < -0.39 is 6.36 Å². The zero-order valence-electron chi connectivity index (χ0n) is 10.3. The molecule has 1 saturated heterocycles. The van der Waals surface area contributed by atoms with Crippen LogP contribution in [-0.2, 0) is 6.54 Å². The van der Waals surface area contributed by atoms with Gasteiger partial charge in [0.1, 0.15) is 5.75 Å². The van der Waals surface area contributed by atoms with E-state index in [1.807, 2.05) is 0 Å². The van der Waals surface area contributed by atoms with Crippen LogP contribution in [0.3, 0.4) is 0 Å². The number of alkyl halides is 3. The second-order valence-electron chi connectivity index (χ2n) is 4.44. The van der Waals surface area contributed by atoms with Gasteiger partial charge in [-0.25, -0.2) is 0 Å². The van der Waals surface area contributed by atoms with Crippen molar-refractivity contribution < 1.29 is 17.9 Å². The molecule has 0 unspecified atom stereocenters. The first-order valence-corrected chi connectivity index (χ1v) is 6.01. The average Bonchev–Trinajstić information content (AvgIpc) is 2.32. The SMILES string of the molecule is Nc1ccc(OC(F)(F)F)c(CN2CCNCC2)c1. The number of nitrogens with two attached hydrogens (primary N) is 1. The number of rotatable bonds is 3. The Kier molecular flexibility index (Phi) is 4.16. The third-order valence-corrected chi connectivity index (χ3v) is 2.91. The van der Waals surface area contributed by atoms with Crippen LogP contribution in [0.5, 0.6) is 5.75 Å². The summed E-state index contributed by atoms with van der Waals surface area (Å²) >= 11 is 0. The van der Waals surface area contributed by atoms with Gasteiger partial charge < -0.3 is 15.8 Å². The van der Waals surface area contributed by atoms with Gasteiger partial charge in [-0.3, -0.25) is 4.90 Å². The fourth-order valence-electron chi connectivity index (χ4n) is 2.06. The van der Waals surface area contributed by atoms with Crippen LogP contribution in [0.15, 0.2) is 18.2 Å². The molecule has 0 amide bonds. The van der Waals surface area contributed by atoms with Crippen LogP contribution in [0, 0.1) is 0 Å². The van der Waals surface area contributed by atoms with Crippen molar-refractivity contribution in [1.82, 2.24) is 10.2 Å². The maximum absolute atomic E-state index is 12.3. The van der Waals surface area contributed by atoms with E-state index in [4.69, 9.17) is 5.73 Å². The van der Waals surface area contributed by atoms with E-state index >= 15 is 0 Å². The molecule has 3 N–H and O–H groups in total. The normalized spacial score (nSPS) is 17.4. The van der Waals surface area contributed by atoms with Gasteiger partial charge in [-0.2, -0.15) is 0 Å². The van der Waals surface area contributed by atoms with Crippen molar-refractivity contribution >= 4 is 5.69 Å². The zero-order valence-corrected chi connectivity index (χ0v) is 10.3. The van der Waals surface area contributed by atoms with Crippen LogP contribution in [0.1, 0.15) is 5.56 Å². The van der Waals surface area contributed by atoms with Gasteiger partial charge >= 0.3 is 6.36 Å². The van der Waals surface area contributed by atoms with E-state index in [0.29, 0.717) is 17.8 Å². The highest BCUT2D eigenvalue weighted by molar-refractivity contribution is 5.48. The fourth-order valence-corrected chi connectivity index (χ4v) is 2.06. The Labute approximate surface area is 109 Å². The number of piperazine rings is 1. The predicted octanol–water partition coefficient (Wildman–Crippen LogP) is 1.57. The minimum absolute atomic E-state index is 0.180. The zero-order chi connectivity index (χ0) is 13.9. The van der Waals surface area contributed by atoms with Gasteiger partial charge in [0.15, 0.2) is 0 Å². The number of nitrogen functional groups attached to an aromatic ring is 1. The molecule has 106 valence electrons. The van der Waals surface area contributed by atoms with Gasteiger partial charge in [0, 0.05) is 44.0 Å². The van der Waals surface area contributed by atoms with Crippen molar-refractivity contribution in [1.29, 1.82) is 0 Å². The molecular formula is C12H16F3N3O. The van der Waals surface area contributed by atoms with Gasteiger partial charge in [0.05, 0.1) is 0 Å². The van der Waals surface area contributed by atoms with Crippen molar-refractivity contribution in [2.75, 3.05) is 31.9 Å². The lowest BCUT2D eigenvalue weighted by atomic mass is 10.1. The van der Waals surface area contributed by atoms with E-state index in [1.165, 1.54) is 18.2 Å². The highest BCUT2D eigenvalue weighted by atomic mass is 19.4. The number of nitrogens with zero attached hydrogens (tertiary/aromatic N) is 1. The minimum atomic E-state index is -4.69. The van der Waals surface area contributed by atoms with E-state index in [9.17, 15) is 13.2 Å². The average molecular weight is 275 g/mol. The summed E-state index contributed by atoms with van der Waals surface area (Å²) in [4.78, 5) is 2.06. The summed E-state index contributed by atoms with van der Waals surface area (Å²) in [7, 11) is 0. The van der Waals surface area contributed by atoms with E-state index in [2.05, 4.69) is 15.0 Å². The lowest BCUT2D eigenvalue weighted by molar-refractivity contribution is -0.275. The topological polar surface area (TPSA) is 50.5 Å². The molecule has 1 aromatic carbocycles. The molecule has 0 spiro atoms. The molecule has 2 rings (SSSR count). The second kappa shape index (κ2) is 5.66. The molecule has 0 atom stereocenters. The van der Waals surface area contributed by atoms with Crippen molar-refractivity contribution in [3.63, 3.8) is 0 Å². The highest BCUT2D eigenvalue weighted by Crippen LogP contribution is 2.29. The molecule has 4 nitrogen and oxygen atoms in total. The van der Waals surface area contributed by atoms with Gasteiger partial charge in [0.2, 0.25) is 0 Å². The first-order chi connectivity index (χ1) is 8.94. The molecule has 19 heavy (non-hydrogen) atoms. The van der Waals surface area contributed by atoms with Crippen LogP contribution < -0.4 is 15.8 Å². The summed E-state index contributed by atoms with van der Waals surface area (Å²) in [5, 5.41) is 3.19. The third-order valence-electron chi connectivity index (χ3n) is 2.91. The largest absolute Gasteiger partial charge is 0.573 e. The van der Waals surface area contributed by atoms with E-state index in [-0.39, 0.29) is 5.75 Å². The predicted molar refractivity (Wildman–Crippen MR) is 65.7 cm³/mol. The minimum Gasteiger partial charge on any atom is -0.405 e. The van der Waals surface area contributed by atoms with Crippen LogP contribution in [0.25, 0.3) is 0 Å². The maximum atomic E-state index is 12.3. The molecule has 0 aliphatic carbocycles. The van der Waals surface area contributed by atoms with Crippen LogP contribution in [-0.4, -0.2) is 37.4 Å². The molecule has 7 heteroatoms. The lowest BCUT2D eigenvalue weighted by Gasteiger charge is -2.28. The molecule has 1 fully saturated rings. The molecule has 1 heterocycles. The van der Waals surface area contributed by atoms with Crippen LogP contribution >= 0.6 is 0 Å². The molecule has 0 bridgehead atoms. The van der Waals surface area contributed by atoms with Gasteiger partial charge in [0.25, 0.3) is 0 Å². The summed E-state index contributed by atoms with van der Waals surface area (Å²) in [6, 6.07) is 4.20. The Morgan fingerprint density at radius 1 is 1.26 bits per heavy atom. The first kappa shape index (κ1) is 14.0.